The van der Waals surface area contributed by atoms with Gasteiger partial charge in [0.05, 0.1) is 40.3 Å². The minimum Gasteiger partial charge on any atom is -0.545 e. The van der Waals surface area contributed by atoms with Gasteiger partial charge in [-0.25, -0.2) is 0 Å². The van der Waals surface area contributed by atoms with E-state index in [9.17, 15) is 19.5 Å². The van der Waals surface area contributed by atoms with Crippen LogP contribution in [0.5, 0.6) is 0 Å². The summed E-state index contributed by atoms with van der Waals surface area (Å²) in [5.74, 6) is -2.25. The summed E-state index contributed by atoms with van der Waals surface area (Å²) in [5.41, 5.74) is 0. The predicted molar refractivity (Wildman–Crippen MR) is 389 cm³/mol. The van der Waals surface area contributed by atoms with Crippen molar-refractivity contribution in [1.29, 1.82) is 0 Å². The second-order valence-corrected chi connectivity index (χ2v) is 28.3. The zero-order chi connectivity index (χ0) is 66.1. The van der Waals surface area contributed by atoms with Crippen molar-refractivity contribution in [2.75, 3.05) is 47.5 Å². The number of quaternary nitrogens is 1. The summed E-state index contributed by atoms with van der Waals surface area (Å²) in [6.45, 7) is 4.72. The Balaban J connectivity index is 3.97. The molecule has 0 N–H and O–H groups in total. The summed E-state index contributed by atoms with van der Waals surface area (Å²) < 4.78 is 22.9. The normalized spacial score (nSPS) is 12.8. The fourth-order valence-electron chi connectivity index (χ4n) is 12.1. The van der Waals surface area contributed by atoms with Crippen LogP contribution in [0.2, 0.25) is 0 Å². The molecule has 0 aromatic carbocycles. The molecular formula is C82H153NO8. The molecule has 0 radical (unpaired) electrons. The number of carboxylic acids is 1. The van der Waals surface area contributed by atoms with Crippen LogP contribution >= 0.6 is 0 Å². The fraction of sp³-hybridized carbons (Fsp3) is 0.866. The molecule has 0 bridgehead atoms. The van der Waals surface area contributed by atoms with Gasteiger partial charge in [0.1, 0.15) is 13.2 Å². The van der Waals surface area contributed by atoms with Gasteiger partial charge in [0.15, 0.2) is 12.4 Å². The molecule has 0 aliphatic heterocycles. The lowest BCUT2D eigenvalue weighted by molar-refractivity contribution is -0.870. The van der Waals surface area contributed by atoms with E-state index in [1.165, 1.54) is 308 Å². The maximum Gasteiger partial charge on any atom is 0.306 e. The Kier molecular flexibility index (Phi) is 70.9. The quantitative estimate of drug-likeness (QED) is 0.0195. The monoisotopic (exact) mass is 1280 g/mol. The second-order valence-electron chi connectivity index (χ2n) is 28.3. The van der Waals surface area contributed by atoms with Gasteiger partial charge in [-0.05, 0) is 51.4 Å². The number of carbonyl (C=O) groups excluding carboxylic acids is 3. The average molecular weight is 1280 g/mol. The number of aliphatic carboxylic acids is 1. The maximum atomic E-state index is 13.0. The molecule has 2 unspecified atom stereocenters. The lowest BCUT2D eigenvalue weighted by Crippen LogP contribution is -2.44. The van der Waals surface area contributed by atoms with Crippen molar-refractivity contribution in [3.63, 3.8) is 0 Å². The van der Waals surface area contributed by atoms with E-state index < -0.39 is 24.3 Å². The summed E-state index contributed by atoms with van der Waals surface area (Å²) in [7, 11) is 5.95. The third kappa shape index (κ3) is 74.5. The Bertz CT molecular complexity index is 1630. The number of allylic oxidation sites excluding steroid dienone is 8. The predicted octanol–water partition coefficient (Wildman–Crippen LogP) is 23.9. The zero-order valence-electron chi connectivity index (χ0n) is 61.2. The lowest BCUT2D eigenvalue weighted by atomic mass is 10.0. The highest BCUT2D eigenvalue weighted by Gasteiger charge is 2.22. The molecule has 2 atom stereocenters. The number of carboxylic acid groups (broad SMARTS) is 1. The van der Waals surface area contributed by atoms with E-state index in [1.54, 1.807) is 0 Å². The molecule has 534 valence electrons. The third-order valence-electron chi connectivity index (χ3n) is 18.1. The van der Waals surface area contributed by atoms with Gasteiger partial charge in [-0.3, -0.25) is 9.59 Å². The average Bonchev–Trinajstić information content (AvgIpc) is 3.46. The standard InChI is InChI=1S/C82H153NO8/c1-6-8-10-12-14-16-18-20-22-24-26-28-30-32-34-36-38-40-42-44-46-48-50-52-54-56-58-60-62-64-66-68-70-72-79(84)89-76-78(77-90-82(81(86)87)88-75-74-83(3,4)5)91-80(85)73-71-69-67-65-63-61-59-57-55-53-51-49-47-45-43-41-39-37-35-33-31-29-27-25-23-21-19-17-15-13-11-9-7-2/h9,11,15,17,21,23,27,29,78,82H,6-8,10,12-14,16,18-20,22,24-26,28,30-77H2,1-5H3/b11-9-,17-15-,23-21-,29-27-. The molecule has 0 rings (SSSR count). The molecule has 0 aliphatic rings. The summed E-state index contributed by atoms with van der Waals surface area (Å²) in [6, 6.07) is 0. The van der Waals surface area contributed by atoms with Gasteiger partial charge in [-0.15, -0.1) is 0 Å². The van der Waals surface area contributed by atoms with E-state index in [2.05, 4.69) is 62.5 Å². The van der Waals surface area contributed by atoms with Crippen molar-refractivity contribution < 1.29 is 42.9 Å². The molecule has 0 saturated heterocycles. The van der Waals surface area contributed by atoms with E-state index in [0.717, 1.165) is 64.2 Å². The molecule has 0 aromatic rings. The van der Waals surface area contributed by atoms with Gasteiger partial charge in [0, 0.05) is 12.8 Å². The number of unbranched alkanes of at least 4 members (excludes halogenated alkanes) is 52. The van der Waals surface area contributed by atoms with Crippen molar-refractivity contribution >= 4 is 17.9 Å². The largest absolute Gasteiger partial charge is 0.545 e. The van der Waals surface area contributed by atoms with E-state index in [-0.39, 0.29) is 32.2 Å². The fourth-order valence-corrected chi connectivity index (χ4v) is 12.1. The zero-order valence-corrected chi connectivity index (χ0v) is 61.2. The number of likely N-dealkylation sites (N-methyl/N-ethyl adjacent to an activating group) is 1. The number of ether oxygens (including phenoxy) is 4. The first kappa shape index (κ1) is 88.2. The Labute approximate surface area is 565 Å². The minimum atomic E-state index is -1.62. The second kappa shape index (κ2) is 73.1. The van der Waals surface area contributed by atoms with Gasteiger partial charge in [0.2, 0.25) is 0 Å². The van der Waals surface area contributed by atoms with Crippen LogP contribution in [0.1, 0.15) is 399 Å². The van der Waals surface area contributed by atoms with Crippen LogP contribution in [0.3, 0.4) is 0 Å². The number of carbonyl (C=O) groups is 3. The first-order valence-corrected chi connectivity index (χ1v) is 39.8. The molecule has 9 heteroatoms. The van der Waals surface area contributed by atoms with E-state index in [1.807, 2.05) is 21.1 Å². The lowest BCUT2D eigenvalue weighted by Gasteiger charge is -2.26. The third-order valence-corrected chi connectivity index (χ3v) is 18.1. The molecule has 0 amide bonds. The molecule has 0 spiro atoms. The number of hydrogen-bond donors (Lipinski definition) is 0. The highest BCUT2D eigenvalue weighted by Crippen LogP contribution is 2.20. The van der Waals surface area contributed by atoms with E-state index in [0.29, 0.717) is 17.4 Å². The SMILES string of the molecule is CC/C=C\C/C=C\C/C=C\C/C=C\CCCCCCCCCCCCCCCCCCCCCCC(=O)OC(COC(=O)CCCCCCCCCCCCCCCCCCCCCCCCCCCCCCCCCCC)COC(OCC[N+](C)(C)C)C(=O)[O-]. The summed E-state index contributed by atoms with van der Waals surface area (Å²) in [6.07, 6.45) is 92.4. The Morgan fingerprint density at radius 3 is 0.934 bits per heavy atom. The summed E-state index contributed by atoms with van der Waals surface area (Å²) in [4.78, 5) is 37.6. The molecule has 0 aliphatic carbocycles. The van der Waals surface area contributed by atoms with Crippen molar-refractivity contribution in [3.8, 4) is 0 Å². The maximum absolute atomic E-state index is 13.0. The Morgan fingerprint density at radius 2 is 0.626 bits per heavy atom. The molecule has 0 heterocycles. The molecule has 0 fully saturated rings. The highest BCUT2D eigenvalue weighted by atomic mass is 16.7. The molecular weight excluding hydrogens is 1130 g/mol. The van der Waals surface area contributed by atoms with Crippen LogP contribution in [-0.4, -0.2) is 82.3 Å². The van der Waals surface area contributed by atoms with Crippen molar-refractivity contribution in [2.45, 2.75) is 411 Å². The van der Waals surface area contributed by atoms with Crippen molar-refractivity contribution in [2.24, 2.45) is 0 Å². The smallest absolute Gasteiger partial charge is 0.306 e. The van der Waals surface area contributed by atoms with Crippen molar-refractivity contribution in [1.82, 2.24) is 0 Å². The summed E-state index contributed by atoms with van der Waals surface area (Å²) in [5, 5.41) is 11.9. The first-order valence-electron chi connectivity index (χ1n) is 39.8. The molecule has 91 heavy (non-hydrogen) atoms. The van der Waals surface area contributed by atoms with Gasteiger partial charge >= 0.3 is 11.9 Å². The van der Waals surface area contributed by atoms with Crippen LogP contribution < -0.4 is 5.11 Å². The topological polar surface area (TPSA) is 111 Å². The molecule has 0 aromatic heterocycles. The first-order chi connectivity index (χ1) is 44.6. The highest BCUT2D eigenvalue weighted by molar-refractivity contribution is 5.70. The van der Waals surface area contributed by atoms with Crippen LogP contribution in [0.25, 0.3) is 0 Å². The van der Waals surface area contributed by atoms with E-state index >= 15 is 0 Å². The Hall–Kier alpha value is -2.75. The number of esters is 2. The molecule has 9 nitrogen and oxygen atoms in total. The molecule has 0 saturated carbocycles. The van der Waals surface area contributed by atoms with Gasteiger partial charge in [0.25, 0.3) is 0 Å². The Morgan fingerprint density at radius 1 is 0.341 bits per heavy atom. The van der Waals surface area contributed by atoms with Gasteiger partial charge in [-0.1, -0.05) is 383 Å². The van der Waals surface area contributed by atoms with Crippen LogP contribution in [0, 0.1) is 0 Å². The van der Waals surface area contributed by atoms with E-state index in [4.69, 9.17) is 18.9 Å². The van der Waals surface area contributed by atoms with Gasteiger partial charge in [-0.2, -0.15) is 0 Å². The van der Waals surface area contributed by atoms with Gasteiger partial charge < -0.3 is 33.3 Å². The number of nitrogens with zero attached hydrogens (tertiary/aromatic N) is 1. The van der Waals surface area contributed by atoms with Crippen molar-refractivity contribution in [3.05, 3.63) is 48.6 Å². The van der Waals surface area contributed by atoms with Crippen LogP contribution in [-0.2, 0) is 33.3 Å². The van der Waals surface area contributed by atoms with Crippen LogP contribution in [0.15, 0.2) is 48.6 Å². The van der Waals surface area contributed by atoms with Crippen LogP contribution in [0.4, 0.5) is 0 Å². The number of rotatable bonds is 75. The minimum absolute atomic E-state index is 0.151. The summed E-state index contributed by atoms with van der Waals surface area (Å²) >= 11 is 0. The number of hydrogen-bond acceptors (Lipinski definition) is 8.